The molecule has 0 amide bonds. The Balaban J connectivity index is 2.23. The molecule has 0 atom stereocenters. The highest BCUT2D eigenvalue weighted by Crippen LogP contribution is 2.26. The lowest BCUT2D eigenvalue weighted by atomic mass is 10.1. The summed E-state index contributed by atoms with van der Waals surface area (Å²) < 4.78 is 32.2. The maximum Gasteiger partial charge on any atom is 0.305 e. The average molecular weight is 271 g/mol. The van der Waals surface area contributed by atoms with Crippen LogP contribution < -0.4 is 5.32 Å². The SMILES string of the molecule is CCOC(=O)CCCNCC(F)(F)c1ccccc1. The number of hydrogen-bond acceptors (Lipinski definition) is 3. The van der Waals surface area contributed by atoms with Gasteiger partial charge >= 0.3 is 5.97 Å². The summed E-state index contributed by atoms with van der Waals surface area (Å²) in [6.07, 6.45) is 0.738. The predicted molar refractivity (Wildman–Crippen MR) is 69.1 cm³/mol. The summed E-state index contributed by atoms with van der Waals surface area (Å²) in [7, 11) is 0. The predicted octanol–water partition coefficient (Wildman–Crippen LogP) is 2.71. The topological polar surface area (TPSA) is 38.3 Å². The number of carbonyl (C=O) groups excluding carboxylic acids is 1. The summed E-state index contributed by atoms with van der Waals surface area (Å²) in [5, 5.41) is 2.66. The molecule has 106 valence electrons. The first kappa shape index (κ1) is 15.6. The molecule has 0 aliphatic carbocycles. The van der Waals surface area contributed by atoms with Gasteiger partial charge in [-0.2, -0.15) is 8.78 Å². The molecular weight excluding hydrogens is 252 g/mol. The van der Waals surface area contributed by atoms with E-state index in [1.54, 1.807) is 25.1 Å². The van der Waals surface area contributed by atoms with Crippen molar-refractivity contribution in [1.29, 1.82) is 0 Å². The summed E-state index contributed by atoms with van der Waals surface area (Å²) in [5.74, 6) is -3.19. The largest absolute Gasteiger partial charge is 0.466 e. The van der Waals surface area contributed by atoms with Crippen LogP contribution in [0.3, 0.4) is 0 Å². The van der Waals surface area contributed by atoms with Crippen molar-refractivity contribution in [2.75, 3.05) is 19.7 Å². The molecule has 3 nitrogen and oxygen atoms in total. The van der Waals surface area contributed by atoms with E-state index in [0.717, 1.165) is 0 Å². The highest BCUT2D eigenvalue weighted by molar-refractivity contribution is 5.69. The summed E-state index contributed by atoms with van der Waals surface area (Å²) in [4.78, 5) is 11.0. The number of esters is 1. The molecule has 1 rings (SSSR count). The van der Waals surface area contributed by atoms with E-state index in [0.29, 0.717) is 19.6 Å². The minimum atomic E-state index is -2.90. The van der Waals surface area contributed by atoms with Crippen LogP contribution in [0.1, 0.15) is 25.3 Å². The van der Waals surface area contributed by atoms with E-state index >= 15 is 0 Å². The number of carbonyl (C=O) groups is 1. The van der Waals surface area contributed by atoms with Crippen LogP contribution in [0.25, 0.3) is 0 Å². The summed E-state index contributed by atoms with van der Waals surface area (Å²) in [6.45, 7) is 2.01. The van der Waals surface area contributed by atoms with E-state index in [-0.39, 0.29) is 18.0 Å². The molecule has 5 heteroatoms. The van der Waals surface area contributed by atoms with E-state index in [4.69, 9.17) is 4.74 Å². The third-order valence-corrected chi connectivity index (χ3v) is 2.58. The number of rotatable bonds is 8. The molecule has 0 radical (unpaired) electrons. The Morgan fingerprint density at radius 1 is 1.32 bits per heavy atom. The molecule has 0 unspecified atom stereocenters. The Bertz CT molecular complexity index is 382. The Morgan fingerprint density at radius 2 is 2.00 bits per heavy atom. The van der Waals surface area contributed by atoms with Crippen LogP contribution in [0, 0.1) is 0 Å². The molecule has 0 saturated carbocycles. The summed E-state index contributed by atoms with van der Waals surface area (Å²) >= 11 is 0. The Kier molecular flexibility index (Phi) is 6.42. The molecule has 0 saturated heterocycles. The van der Waals surface area contributed by atoms with Crippen LogP contribution in [0.2, 0.25) is 0 Å². The molecule has 0 fully saturated rings. The van der Waals surface area contributed by atoms with Crippen molar-refractivity contribution in [1.82, 2.24) is 5.32 Å². The van der Waals surface area contributed by atoms with Crippen LogP contribution >= 0.6 is 0 Å². The summed E-state index contributed by atoms with van der Waals surface area (Å²) in [6, 6.07) is 7.68. The molecule has 1 aromatic carbocycles. The van der Waals surface area contributed by atoms with Gasteiger partial charge in [0.05, 0.1) is 13.2 Å². The second kappa shape index (κ2) is 7.84. The van der Waals surface area contributed by atoms with Gasteiger partial charge in [-0.05, 0) is 19.9 Å². The van der Waals surface area contributed by atoms with Crippen molar-refractivity contribution in [3.05, 3.63) is 35.9 Å². The highest BCUT2D eigenvalue weighted by atomic mass is 19.3. The van der Waals surface area contributed by atoms with Crippen LogP contribution in [0.15, 0.2) is 30.3 Å². The van der Waals surface area contributed by atoms with Gasteiger partial charge in [-0.25, -0.2) is 0 Å². The van der Waals surface area contributed by atoms with E-state index in [2.05, 4.69) is 5.32 Å². The van der Waals surface area contributed by atoms with Crippen molar-refractivity contribution >= 4 is 5.97 Å². The first-order valence-corrected chi connectivity index (χ1v) is 6.36. The Hall–Kier alpha value is -1.49. The van der Waals surface area contributed by atoms with Crippen molar-refractivity contribution in [3.63, 3.8) is 0 Å². The zero-order valence-corrected chi connectivity index (χ0v) is 11.0. The molecule has 0 aromatic heterocycles. The fourth-order valence-corrected chi connectivity index (χ4v) is 1.62. The lowest BCUT2D eigenvalue weighted by Gasteiger charge is -2.17. The van der Waals surface area contributed by atoms with Crippen LogP contribution in [0.5, 0.6) is 0 Å². The van der Waals surface area contributed by atoms with Gasteiger partial charge in [-0.3, -0.25) is 4.79 Å². The molecule has 0 aliphatic rings. The number of halogens is 2. The monoisotopic (exact) mass is 271 g/mol. The maximum atomic E-state index is 13.7. The van der Waals surface area contributed by atoms with Gasteiger partial charge in [0, 0.05) is 12.0 Å². The molecule has 1 aromatic rings. The van der Waals surface area contributed by atoms with E-state index in [9.17, 15) is 13.6 Å². The lowest BCUT2D eigenvalue weighted by Crippen LogP contribution is -2.31. The number of benzene rings is 1. The van der Waals surface area contributed by atoms with Crippen LogP contribution in [0.4, 0.5) is 8.78 Å². The Labute approximate surface area is 112 Å². The number of ether oxygens (including phenoxy) is 1. The average Bonchev–Trinajstić information content (AvgIpc) is 2.39. The second-order valence-corrected chi connectivity index (χ2v) is 4.16. The van der Waals surface area contributed by atoms with Gasteiger partial charge in [-0.1, -0.05) is 30.3 Å². The highest BCUT2D eigenvalue weighted by Gasteiger charge is 2.30. The molecule has 1 N–H and O–H groups in total. The molecule has 0 heterocycles. The van der Waals surface area contributed by atoms with E-state index in [1.807, 2.05) is 0 Å². The van der Waals surface area contributed by atoms with Crippen molar-refractivity contribution in [2.45, 2.75) is 25.7 Å². The smallest absolute Gasteiger partial charge is 0.305 e. The first-order valence-electron chi connectivity index (χ1n) is 6.36. The maximum absolute atomic E-state index is 13.7. The Morgan fingerprint density at radius 3 is 2.63 bits per heavy atom. The zero-order chi connectivity index (χ0) is 14.1. The molecule has 0 bridgehead atoms. The fraction of sp³-hybridized carbons (Fsp3) is 0.500. The van der Waals surface area contributed by atoms with Gasteiger partial charge in [0.1, 0.15) is 0 Å². The molecular formula is C14H19F2NO2. The van der Waals surface area contributed by atoms with Crippen LogP contribution in [-0.2, 0) is 15.5 Å². The fourth-order valence-electron chi connectivity index (χ4n) is 1.62. The van der Waals surface area contributed by atoms with E-state index in [1.165, 1.54) is 12.1 Å². The third-order valence-electron chi connectivity index (χ3n) is 2.58. The minimum Gasteiger partial charge on any atom is -0.466 e. The standard InChI is InChI=1S/C14H19F2NO2/c1-2-19-13(18)9-6-10-17-11-14(15,16)12-7-4-3-5-8-12/h3-5,7-8,17H,2,6,9-11H2,1H3. The lowest BCUT2D eigenvalue weighted by molar-refractivity contribution is -0.143. The van der Waals surface area contributed by atoms with Crippen molar-refractivity contribution in [3.8, 4) is 0 Å². The van der Waals surface area contributed by atoms with E-state index < -0.39 is 12.5 Å². The normalized spacial score (nSPS) is 11.3. The summed E-state index contributed by atoms with van der Waals surface area (Å²) in [5.41, 5.74) is -0.00658. The van der Waals surface area contributed by atoms with Gasteiger partial charge in [-0.15, -0.1) is 0 Å². The van der Waals surface area contributed by atoms with Gasteiger partial charge in [0.15, 0.2) is 0 Å². The minimum absolute atomic E-state index is 0.00658. The van der Waals surface area contributed by atoms with Gasteiger partial charge < -0.3 is 10.1 Å². The number of alkyl halides is 2. The number of hydrogen-bond donors (Lipinski definition) is 1. The van der Waals surface area contributed by atoms with Crippen molar-refractivity contribution in [2.24, 2.45) is 0 Å². The molecule has 0 spiro atoms. The quantitative estimate of drug-likeness (QED) is 0.583. The first-order chi connectivity index (χ1) is 9.06. The molecule has 0 aliphatic heterocycles. The van der Waals surface area contributed by atoms with Gasteiger partial charge in [0.2, 0.25) is 0 Å². The molecule has 19 heavy (non-hydrogen) atoms. The van der Waals surface area contributed by atoms with Crippen LogP contribution in [-0.4, -0.2) is 25.7 Å². The second-order valence-electron chi connectivity index (χ2n) is 4.16. The number of nitrogens with one attached hydrogen (secondary N) is 1. The van der Waals surface area contributed by atoms with Crippen molar-refractivity contribution < 1.29 is 18.3 Å². The third kappa shape index (κ3) is 5.79. The van der Waals surface area contributed by atoms with Gasteiger partial charge in [0.25, 0.3) is 5.92 Å². The zero-order valence-electron chi connectivity index (χ0n) is 11.0.